The molecule has 2 aliphatic rings. The molecule has 2 aliphatic carbocycles. The minimum absolute atomic E-state index is 0.443. The van der Waals surface area contributed by atoms with Crippen molar-refractivity contribution in [2.45, 2.75) is 51.2 Å². The van der Waals surface area contributed by atoms with E-state index in [0.717, 1.165) is 17.6 Å². The van der Waals surface area contributed by atoms with Gasteiger partial charge in [-0.25, -0.2) is 0 Å². The Kier molecular flexibility index (Phi) is 4.09. The molecular weight excluding hydrogens is 266 g/mol. The second kappa shape index (κ2) is 5.19. The molecule has 0 bridgehead atoms. The van der Waals surface area contributed by atoms with Crippen LogP contribution in [0.1, 0.15) is 39.0 Å². The maximum Gasteiger partial charge on any atom is 0.0661 e. The largest absolute Gasteiger partial charge is 0.378 e. The van der Waals surface area contributed by atoms with E-state index in [1.54, 1.807) is 0 Å². The highest BCUT2D eigenvalue weighted by Gasteiger charge is 2.56. The van der Waals surface area contributed by atoms with Crippen LogP contribution >= 0.6 is 15.9 Å². The summed E-state index contributed by atoms with van der Waals surface area (Å²) in [4.78, 5) is 0. The van der Waals surface area contributed by atoms with E-state index in [9.17, 15) is 0 Å². The first kappa shape index (κ1) is 12.6. The van der Waals surface area contributed by atoms with Crippen molar-refractivity contribution >= 4 is 15.9 Å². The normalized spacial score (nSPS) is 31.6. The van der Waals surface area contributed by atoms with Gasteiger partial charge in [0, 0.05) is 29.1 Å². The van der Waals surface area contributed by atoms with Crippen molar-refractivity contribution in [2.24, 2.45) is 5.41 Å². The number of nitrogens with one attached hydrogen (secondary N) is 1. The van der Waals surface area contributed by atoms with Gasteiger partial charge < -0.3 is 10.1 Å². The molecule has 2 atom stereocenters. The van der Waals surface area contributed by atoms with Crippen LogP contribution in [0, 0.1) is 5.41 Å². The number of rotatable bonds is 5. The van der Waals surface area contributed by atoms with Gasteiger partial charge in [-0.15, -0.1) is 0 Å². The number of hydrogen-bond donors (Lipinski definition) is 1. The van der Waals surface area contributed by atoms with Gasteiger partial charge in [-0.1, -0.05) is 35.4 Å². The molecule has 2 nitrogen and oxygen atoms in total. The van der Waals surface area contributed by atoms with Crippen LogP contribution < -0.4 is 5.32 Å². The van der Waals surface area contributed by atoms with E-state index < -0.39 is 0 Å². The van der Waals surface area contributed by atoms with Gasteiger partial charge in [-0.05, 0) is 26.2 Å². The fourth-order valence-corrected chi connectivity index (χ4v) is 3.57. The fraction of sp³-hybridized carbons (Fsp3) is 0.846. The summed E-state index contributed by atoms with van der Waals surface area (Å²) in [6.07, 6.45) is 7.09. The lowest BCUT2D eigenvalue weighted by Crippen LogP contribution is -2.62. The predicted octanol–water partition coefficient (Wildman–Crippen LogP) is 3.22. The zero-order valence-electron chi connectivity index (χ0n) is 10.1. The van der Waals surface area contributed by atoms with Crippen molar-refractivity contribution in [3.63, 3.8) is 0 Å². The van der Waals surface area contributed by atoms with E-state index in [2.05, 4.69) is 34.7 Å². The Labute approximate surface area is 107 Å². The molecular formula is C13H22BrNO. The molecule has 0 aromatic rings. The van der Waals surface area contributed by atoms with E-state index in [1.165, 1.54) is 32.1 Å². The maximum absolute atomic E-state index is 5.88. The van der Waals surface area contributed by atoms with Gasteiger partial charge >= 0.3 is 0 Å². The van der Waals surface area contributed by atoms with Crippen molar-refractivity contribution in [3.8, 4) is 0 Å². The quantitative estimate of drug-likeness (QED) is 0.838. The van der Waals surface area contributed by atoms with Crippen LogP contribution in [0.25, 0.3) is 0 Å². The van der Waals surface area contributed by atoms with E-state index >= 15 is 0 Å². The van der Waals surface area contributed by atoms with Gasteiger partial charge in [0.05, 0.1) is 6.10 Å². The molecule has 2 saturated carbocycles. The molecule has 0 aromatic carbocycles. The number of halogens is 1. The first-order chi connectivity index (χ1) is 7.69. The topological polar surface area (TPSA) is 21.3 Å². The van der Waals surface area contributed by atoms with E-state index in [0.29, 0.717) is 17.6 Å². The summed E-state index contributed by atoms with van der Waals surface area (Å²) >= 11 is 3.41. The molecule has 0 heterocycles. The average molecular weight is 288 g/mol. The Balaban J connectivity index is 1.92. The Hall–Kier alpha value is 0.140. The molecule has 2 fully saturated rings. The van der Waals surface area contributed by atoms with Crippen LogP contribution in [0.5, 0.6) is 0 Å². The van der Waals surface area contributed by atoms with E-state index in [-0.39, 0.29) is 0 Å². The SMILES string of the molecule is C=C(Br)CNC1CC(OCC)C12CCCC2. The summed E-state index contributed by atoms with van der Waals surface area (Å²) in [5, 5.41) is 3.61. The lowest BCUT2D eigenvalue weighted by molar-refractivity contribution is -0.129. The summed E-state index contributed by atoms with van der Waals surface area (Å²) in [5.41, 5.74) is 0.443. The van der Waals surface area contributed by atoms with Crippen molar-refractivity contribution in [3.05, 3.63) is 11.1 Å². The smallest absolute Gasteiger partial charge is 0.0661 e. The highest BCUT2D eigenvalue weighted by Crippen LogP contribution is 2.54. The van der Waals surface area contributed by atoms with Crippen molar-refractivity contribution < 1.29 is 4.74 Å². The lowest BCUT2D eigenvalue weighted by atomic mass is 9.60. The molecule has 92 valence electrons. The first-order valence-electron chi connectivity index (χ1n) is 6.37. The maximum atomic E-state index is 5.88. The summed E-state index contributed by atoms with van der Waals surface area (Å²) in [6.45, 7) is 7.71. The molecule has 1 N–H and O–H groups in total. The average Bonchev–Trinajstić information content (AvgIpc) is 2.73. The summed E-state index contributed by atoms with van der Waals surface area (Å²) in [7, 11) is 0. The molecule has 16 heavy (non-hydrogen) atoms. The third-order valence-corrected chi connectivity index (χ3v) is 4.51. The van der Waals surface area contributed by atoms with Crippen LogP contribution in [0.15, 0.2) is 11.1 Å². The number of ether oxygens (including phenoxy) is 1. The molecule has 2 unspecified atom stereocenters. The third-order valence-electron chi connectivity index (χ3n) is 4.23. The van der Waals surface area contributed by atoms with Crippen molar-refractivity contribution in [1.82, 2.24) is 5.32 Å². The van der Waals surface area contributed by atoms with Crippen LogP contribution in [0.3, 0.4) is 0 Å². The van der Waals surface area contributed by atoms with Crippen LogP contribution in [0.4, 0.5) is 0 Å². The van der Waals surface area contributed by atoms with E-state index in [4.69, 9.17) is 4.74 Å². The fourth-order valence-electron chi connectivity index (χ4n) is 3.41. The Morgan fingerprint density at radius 3 is 2.75 bits per heavy atom. The van der Waals surface area contributed by atoms with Crippen molar-refractivity contribution in [2.75, 3.05) is 13.2 Å². The summed E-state index contributed by atoms with van der Waals surface area (Å²) in [5.74, 6) is 0. The molecule has 0 amide bonds. The zero-order chi connectivity index (χ0) is 11.6. The second-order valence-corrected chi connectivity index (χ2v) is 6.19. The zero-order valence-corrected chi connectivity index (χ0v) is 11.7. The van der Waals surface area contributed by atoms with E-state index in [1.807, 2.05) is 0 Å². The predicted molar refractivity (Wildman–Crippen MR) is 70.8 cm³/mol. The highest BCUT2D eigenvalue weighted by molar-refractivity contribution is 9.11. The Morgan fingerprint density at radius 2 is 2.19 bits per heavy atom. The summed E-state index contributed by atoms with van der Waals surface area (Å²) < 4.78 is 6.92. The molecule has 2 rings (SSSR count). The van der Waals surface area contributed by atoms with Crippen LogP contribution in [0.2, 0.25) is 0 Å². The standard InChI is InChI=1S/C13H22BrNO/c1-3-16-12-8-11(15-9-10(2)14)13(12)6-4-5-7-13/h11-12,15H,2-9H2,1H3. The van der Waals surface area contributed by atoms with Gasteiger partial charge in [0.25, 0.3) is 0 Å². The van der Waals surface area contributed by atoms with Crippen molar-refractivity contribution in [1.29, 1.82) is 0 Å². The molecule has 0 radical (unpaired) electrons. The summed E-state index contributed by atoms with van der Waals surface area (Å²) in [6, 6.07) is 0.640. The molecule has 1 spiro atoms. The first-order valence-corrected chi connectivity index (χ1v) is 7.16. The third kappa shape index (κ3) is 2.22. The Bertz CT molecular complexity index is 261. The molecule has 0 saturated heterocycles. The number of hydrogen-bond acceptors (Lipinski definition) is 2. The monoisotopic (exact) mass is 287 g/mol. The van der Waals surface area contributed by atoms with Crippen LogP contribution in [-0.2, 0) is 4.74 Å². The van der Waals surface area contributed by atoms with Gasteiger partial charge in [0.2, 0.25) is 0 Å². The Morgan fingerprint density at radius 1 is 1.50 bits per heavy atom. The molecule has 3 heteroatoms. The van der Waals surface area contributed by atoms with Crippen LogP contribution in [-0.4, -0.2) is 25.3 Å². The van der Waals surface area contributed by atoms with Gasteiger partial charge in [0.1, 0.15) is 0 Å². The minimum atomic E-state index is 0.443. The molecule has 0 aliphatic heterocycles. The second-order valence-electron chi connectivity index (χ2n) is 5.07. The van der Waals surface area contributed by atoms with Gasteiger partial charge in [0.15, 0.2) is 0 Å². The highest BCUT2D eigenvalue weighted by atomic mass is 79.9. The molecule has 0 aromatic heterocycles. The van der Waals surface area contributed by atoms with Gasteiger partial charge in [-0.2, -0.15) is 0 Å². The van der Waals surface area contributed by atoms with Gasteiger partial charge in [-0.3, -0.25) is 0 Å². The minimum Gasteiger partial charge on any atom is -0.378 e. The lowest BCUT2D eigenvalue weighted by Gasteiger charge is -2.54.